The minimum atomic E-state index is 0. The molecule has 0 amide bonds. The molecule has 2 aliphatic rings. The lowest BCUT2D eigenvalue weighted by atomic mass is 10.0. The van der Waals surface area contributed by atoms with E-state index < -0.39 is 0 Å². The second-order valence-electron chi connectivity index (χ2n) is 6.52. The van der Waals surface area contributed by atoms with Crippen LogP contribution in [0.2, 0.25) is 0 Å². The quantitative estimate of drug-likeness (QED) is 0.379. The average Bonchev–Trinajstić information content (AvgIpc) is 3.15. The van der Waals surface area contributed by atoms with Gasteiger partial charge in [-0.2, -0.15) is 11.8 Å². The Labute approximate surface area is 157 Å². The lowest BCUT2D eigenvalue weighted by molar-refractivity contribution is 0.192. The Morgan fingerprint density at radius 2 is 1.95 bits per heavy atom. The van der Waals surface area contributed by atoms with Gasteiger partial charge in [0.25, 0.3) is 0 Å². The fraction of sp³-hybridized carbons (Fsp3) is 0.938. The summed E-state index contributed by atoms with van der Waals surface area (Å²) in [6, 6.07) is 0.618. The second-order valence-corrected chi connectivity index (χ2v) is 7.93. The number of aliphatic imine (C=N–C) groups is 1. The molecule has 0 aromatic heterocycles. The van der Waals surface area contributed by atoms with Gasteiger partial charge in [0, 0.05) is 31.4 Å². The van der Waals surface area contributed by atoms with Crippen molar-refractivity contribution < 1.29 is 0 Å². The van der Waals surface area contributed by atoms with Gasteiger partial charge in [-0.3, -0.25) is 9.89 Å². The Morgan fingerprint density at radius 1 is 1.23 bits per heavy atom. The van der Waals surface area contributed by atoms with Gasteiger partial charge in [0.2, 0.25) is 0 Å². The highest BCUT2D eigenvalue weighted by Gasteiger charge is 2.24. The summed E-state index contributed by atoms with van der Waals surface area (Å²) in [6.07, 6.45) is 5.43. The Balaban J connectivity index is 0.00000242. The standard InChI is InChI=1S/C16H32N4S.HI/c1-13(2)15(20-8-4-5-9-20)12-19-16(17-3)18-11-14-7-6-10-21-14;/h13-15H,4-12H2,1-3H3,(H2,17,18,19);1H. The zero-order valence-corrected chi connectivity index (χ0v) is 17.5. The molecule has 0 aromatic carbocycles. The van der Waals surface area contributed by atoms with E-state index in [4.69, 9.17) is 0 Å². The summed E-state index contributed by atoms with van der Waals surface area (Å²) < 4.78 is 0. The van der Waals surface area contributed by atoms with E-state index in [1.54, 1.807) is 0 Å². The zero-order chi connectivity index (χ0) is 15.1. The number of hydrogen-bond donors (Lipinski definition) is 2. The zero-order valence-electron chi connectivity index (χ0n) is 14.3. The Kier molecular flexibility index (Phi) is 10.1. The molecule has 0 saturated carbocycles. The molecule has 2 unspecified atom stereocenters. The lowest BCUT2D eigenvalue weighted by Crippen LogP contribution is -2.49. The van der Waals surface area contributed by atoms with Gasteiger partial charge in [-0.15, -0.1) is 24.0 Å². The minimum absolute atomic E-state index is 0. The first kappa shape index (κ1) is 20.4. The van der Waals surface area contributed by atoms with E-state index in [9.17, 15) is 0 Å². The van der Waals surface area contributed by atoms with Crippen LogP contribution >= 0.6 is 35.7 Å². The van der Waals surface area contributed by atoms with Crippen LogP contribution in [0.1, 0.15) is 39.5 Å². The largest absolute Gasteiger partial charge is 0.355 e. The molecule has 22 heavy (non-hydrogen) atoms. The van der Waals surface area contributed by atoms with Crippen molar-refractivity contribution in [1.82, 2.24) is 15.5 Å². The lowest BCUT2D eigenvalue weighted by Gasteiger charge is -2.31. The highest BCUT2D eigenvalue weighted by molar-refractivity contribution is 14.0. The van der Waals surface area contributed by atoms with Crippen LogP contribution in [0.3, 0.4) is 0 Å². The fourth-order valence-corrected chi connectivity index (χ4v) is 4.50. The number of halogens is 1. The van der Waals surface area contributed by atoms with Crippen LogP contribution < -0.4 is 10.6 Å². The Hall–Kier alpha value is 0.310. The number of likely N-dealkylation sites (tertiary alicyclic amines) is 1. The molecule has 2 heterocycles. The molecule has 6 heteroatoms. The summed E-state index contributed by atoms with van der Waals surface area (Å²) in [5, 5.41) is 7.80. The highest BCUT2D eigenvalue weighted by Crippen LogP contribution is 2.25. The molecule has 2 aliphatic heterocycles. The molecule has 4 nitrogen and oxygen atoms in total. The SMILES string of the molecule is CN=C(NCC1CCCS1)NCC(C(C)C)N1CCCC1.I. The molecule has 130 valence electrons. The van der Waals surface area contributed by atoms with Gasteiger partial charge in [-0.1, -0.05) is 13.8 Å². The maximum Gasteiger partial charge on any atom is 0.191 e. The van der Waals surface area contributed by atoms with Gasteiger partial charge in [-0.05, 0) is 50.4 Å². The van der Waals surface area contributed by atoms with Crippen molar-refractivity contribution in [3.05, 3.63) is 0 Å². The van der Waals surface area contributed by atoms with Crippen LogP contribution in [0, 0.1) is 5.92 Å². The van der Waals surface area contributed by atoms with Crippen molar-refractivity contribution in [2.24, 2.45) is 10.9 Å². The number of rotatable bonds is 6. The maximum absolute atomic E-state index is 4.37. The number of hydrogen-bond acceptors (Lipinski definition) is 3. The number of guanidine groups is 1. The fourth-order valence-electron chi connectivity index (χ4n) is 3.30. The van der Waals surface area contributed by atoms with Crippen LogP contribution in [0.5, 0.6) is 0 Å². The Bertz CT molecular complexity index is 326. The third-order valence-electron chi connectivity index (χ3n) is 4.60. The first-order valence-electron chi connectivity index (χ1n) is 8.51. The third kappa shape index (κ3) is 6.43. The van der Waals surface area contributed by atoms with Crippen LogP contribution in [-0.4, -0.2) is 61.1 Å². The summed E-state index contributed by atoms with van der Waals surface area (Å²) in [5.74, 6) is 2.97. The van der Waals surface area contributed by atoms with Crippen molar-refractivity contribution in [3.8, 4) is 0 Å². The molecule has 0 spiro atoms. The van der Waals surface area contributed by atoms with Gasteiger partial charge in [0.05, 0.1) is 0 Å². The first-order valence-corrected chi connectivity index (χ1v) is 9.55. The number of thioether (sulfide) groups is 1. The molecule has 0 radical (unpaired) electrons. The van der Waals surface area contributed by atoms with E-state index in [2.05, 4.69) is 46.1 Å². The molecular weight excluding hydrogens is 407 g/mol. The monoisotopic (exact) mass is 440 g/mol. The molecule has 2 fully saturated rings. The molecule has 2 saturated heterocycles. The summed E-state index contributed by atoms with van der Waals surface area (Å²) in [6.45, 7) is 9.21. The molecule has 2 N–H and O–H groups in total. The summed E-state index contributed by atoms with van der Waals surface area (Å²) in [7, 11) is 1.87. The number of nitrogens with zero attached hydrogens (tertiary/aromatic N) is 2. The van der Waals surface area contributed by atoms with Gasteiger partial charge in [0.15, 0.2) is 5.96 Å². The molecule has 2 atom stereocenters. The Morgan fingerprint density at radius 3 is 2.50 bits per heavy atom. The van der Waals surface area contributed by atoms with Crippen LogP contribution in [0.15, 0.2) is 4.99 Å². The van der Waals surface area contributed by atoms with E-state index in [1.165, 1.54) is 44.5 Å². The average molecular weight is 440 g/mol. The van der Waals surface area contributed by atoms with E-state index in [1.807, 2.05) is 7.05 Å². The highest BCUT2D eigenvalue weighted by atomic mass is 127. The predicted molar refractivity (Wildman–Crippen MR) is 110 cm³/mol. The van der Waals surface area contributed by atoms with Gasteiger partial charge in [-0.25, -0.2) is 0 Å². The smallest absolute Gasteiger partial charge is 0.191 e. The minimum Gasteiger partial charge on any atom is -0.355 e. The summed E-state index contributed by atoms with van der Waals surface area (Å²) in [5.41, 5.74) is 0. The van der Waals surface area contributed by atoms with Crippen molar-refractivity contribution >= 4 is 41.7 Å². The predicted octanol–water partition coefficient (Wildman–Crippen LogP) is 2.79. The van der Waals surface area contributed by atoms with E-state index in [0.29, 0.717) is 12.0 Å². The molecular formula is C16H33IN4S. The van der Waals surface area contributed by atoms with E-state index in [0.717, 1.165) is 24.3 Å². The van der Waals surface area contributed by atoms with Crippen molar-refractivity contribution in [1.29, 1.82) is 0 Å². The van der Waals surface area contributed by atoms with Gasteiger partial charge < -0.3 is 10.6 Å². The van der Waals surface area contributed by atoms with Gasteiger partial charge >= 0.3 is 0 Å². The maximum atomic E-state index is 4.37. The van der Waals surface area contributed by atoms with Crippen molar-refractivity contribution in [2.75, 3.05) is 39.0 Å². The number of nitrogens with one attached hydrogen (secondary N) is 2. The summed E-state index contributed by atoms with van der Waals surface area (Å²) in [4.78, 5) is 7.01. The van der Waals surface area contributed by atoms with Gasteiger partial charge in [0.1, 0.15) is 0 Å². The topological polar surface area (TPSA) is 39.7 Å². The second kappa shape index (κ2) is 11.0. The van der Waals surface area contributed by atoms with Crippen LogP contribution in [-0.2, 0) is 0 Å². The van der Waals surface area contributed by atoms with Crippen LogP contribution in [0.25, 0.3) is 0 Å². The molecule has 0 bridgehead atoms. The molecule has 0 aromatic rings. The molecule has 0 aliphatic carbocycles. The van der Waals surface area contributed by atoms with E-state index in [-0.39, 0.29) is 24.0 Å². The van der Waals surface area contributed by atoms with Crippen LogP contribution in [0.4, 0.5) is 0 Å². The normalized spacial score (nSPS) is 24.4. The summed E-state index contributed by atoms with van der Waals surface area (Å²) >= 11 is 2.09. The van der Waals surface area contributed by atoms with E-state index >= 15 is 0 Å². The van der Waals surface area contributed by atoms with Crippen molar-refractivity contribution in [3.63, 3.8) is 0 Å². The molecule has 2 rings (SSSR count). The third-order valence-corrected chi connectivity index (χ3v) is 6.00. The van der Waals surface area contributed by atoms with Crippen molar-refractivity contribution in [2.45, 2.75) is 50.8 Å². The first-order chi connectivity index (χ1) is 10.2.